The molecule has 1 aliphatic rings. The van der Waals surface area contributed by atoms with Crippen LogP contribution in [0.3, 0.4) is 0 Å². The Morgan fingerprint density at radius 2 is 2.10 bits per heavy atom. The van der Waals surface area contributed by atoms with Crippen LogP contribution in [0.4, 0.5) is 5.82 Å². The summed E-state index contributed by atoms with van der Waals surface area (Å²) in [6, 6.07) is 0. The molecular formula is C15H24BrN3O. The monoisotopic (exact) mass is 341 g/mol. The van der Waals surface area contributed by atoms with E-state index in [-0.39, 0.29) is 11.5 Å². The third kappa shape index (κ3) is 3.70. The minimum Gasteiger partial charge on any atom is -0.378 e. The highest BCUT2D eigenvalue weighted by atomic mass is 79.9. The van der Waals surface area contributed by atoms with Crippen molar-refractivity contribution in [2.24, 2.45) is 0 Å². The lowest BCUT2D eigenvalue weighted by Gasteiger charge is -2.22. The Kier molecular flexibility index (Phi) is 5.02. The summed E-state index contributed by atoms with van der Waals surface area (Å²) < 4.78 is 6.68. The Balaban J connectivity index is 2.33. The van der Waals surface area contributed by atoms with Gasteiger partial charge in [0.1, 0.15) is 11.6 Å². The van der Waals surface area contributed by atoms with Crippen molar-refractivity contribution in [2.45, 2.75) is 58.5 Å². The Labute approximate surface area is 129 Å². The van der Waals surface area contributed by atoms with E-state index in [1.165, 1.54) is 0 Å². The van der Waals surface area contributed by atoms with Crippen molar-refractivity contribution in [3.05, 3.63) is 16.0 Å². The largest absolute Gasteiger partial charge is 0.378 e. The predicted molar refractivity (Wildman–Crippen MR) is 85.3 cm³/mol. The summed E-state index contributed by atoms with van der Waals surface area (Å²) in [6.45, 7) is 10.3. The van der Waals surface area contributed by atoms with Gasteiger partial charge in [0.25, 0.3) is 0 Å². The molecule has 1 unspecified atom stereocenters. The molecule has 5 heteroatoms. The minimum atomic E-state index is -0.0166. The molecule has 1 N–H and O–H groups in total. The molecule has 2 heterocycles. The van der Waals surface area contributed by atoms with Crippen molar-refractivity contribution >= 4 is 21.7 Å². The van der Waals surface area contributed by atoms with Crippen molar-refractivity contribution in [3.63, 3.8) is 0 Å². The molecular weight excluding hydrogens is 318 g/mol. The van der Waals surface area contributed by atoms with E-state index >= 15 is 0 Å². The molecule has 0 spiro atoms. The molecule has 20 heavy (non-hydrogen) atoms. The van der Waals surface area contributed by atoms with E-state index in [0.29, 0.717) is 0 Å². The summed E-state index contributed by atoms with van der Waals surface area (Å²) in [5.41, 5.74) is 1.04. The predicted octanol–water partition coefficient (Wildman–Crippen LogP) is 3.69. The summed E-state index contributed by atoms with van der Waals surface area (Å²) in [5.74, 6) is 1.77. The van der Waals surface area contributed by atoms with Crippen LogP contribution in [-0.2, 0) is 16.6 Å². The van der Waals surface area contributed by atoms with Gasteiger partial charge in [0.15, 0.2) is 0 Å². The zero-order valence-electron chi connectivity index (χ0n) is 12.8. The number of nitrogens with one attached hydrogen (secondary N) is 1. The molecule has 1 fully saturated rings. The molecule has 112 valence electrons. The van der Waals surface area contributed by atoms with Crippen molar-refractivity contribution in [1.29, 1.82) is 0 Å². The molecule has 1 aromatic heterocycles. The number of anilines is 1. The fourth-order valence-corrected chi connectivity index (χ4v) is 3.29. The highest BCUT2D eigenvalue weighted by molar-refractivity contribution is 9.10. The first-order chi connectivity index (χ1) is 9.41. The van der Waals surface area contributed by atoms with Gasteiger partial charge in [0, 0.05) is 25.0 Å². The van der Waals surface area contributed by atoms with Gasteiger partial charge in [0.05, 0.1) is 16.3 Å². The molecule has 0 aromatic carbocycles. The number of nitrogens with zero attached hydrogens (tertiary/aromatic N) is 2. The van der Waals surface area contributed by atoms with Crippen LogP contribution in [0.5, 0.6) is 0 Å². The van der Waals surface area contributed by atoms with Gasteiger partial charge in [-0.2, -0.15) is 0 Å². The van der Waals surface area contributed by atoms with E-state index in [1.54, 1.807) is 0 Å². The first kappa shape index (κ1) is 15.7. The van der Waals surface area contributed by atoms with E-state index < -0.39 is 0 Å². The third-order valence-corrected chi connectivity index (χ3v) is 4.14. The van der Waals surface area contributed by atoms with Gasteiger partial charge in [-0.25, -0.2) is 9.97 Å². The lowest BCUT2D eigenvalue weighted by molar-refractivity contribution is 0.110. The van der Waals surface area contributed by atoms with Crippen molar-refractivity contribution in [1.82, 2.24) is 9.97 Å². The van der Waals surface area contributed by atoms with Gasteiger partial charge in [-0.05, 0) is 35.7 Å². The van der Waals surface area contributed by atoms with Gasteiger partial charge in [0.2, 0.25) is 0 Å². The van der Waals surface area contributed by atoms with E-state index in [2.05, 4.69) is 53.9 Å². The molecule has 1 atom stereocenters. The van der Waals surface area contributed by atoms with Gasteiger partial charge in [-0.1, -0.05) is 20.8 Å². The molecule has 0 radical (unpaired) electrons. The Bertz CT molecular complexity index is 465. The second-order valence-electron chi connectivity index (χ2n) is 6.27. The normalized spacial score (nSPS) is 19.4. The van der Waals surface area contributed by atoms with Crippen molar-refractivity contribution in [2.75, 3.05) is 18.5 Å². The lowest BCUT2D eigenvalue weighted by Crippen LogP contribution is -2.20. The second kappa shape index (κ2) is 6.39. The number of hydrogen-bond donors (Lipinski definition) is 1. The second-order valence-corrected chi connectivity index (χ2v) is 7.06. The number of rotatable bonds is 4. The number of halogens is 1. The lowest BCUT2D eigenvalue weighted by atomic mass is 9.91. The summed E-state index contributed by atoms with van der Waals surface area (Å²) in [6.07, 6.45) is 3.33. The van der Waals surface area contributed by atoms with Crippen LogP contribution in [-0.4, -0.2) is 29.2 Å². The van der Waals surface area contributed by atoms with Crippen LogP contribution in [0.1, 0.15) is 52.1 Å². The topological polar surface area (TPSA) is 47.0 Å². The average molecular weight is 342 g/mol. The van der Waals surface area contributed by atoms with E-state index in [4.69, 9.17) is 9.72 Å². The first-order valence-corrected chi connectivity index (χ1v) is 8.13. The SMILES string of the molecule is CCNc1nc(CC2CCCO2)nc(C(C)(C)C)c1Br. The maximum atomic E-state index is 5.70. The summed E-state index contributed by atoms with van der Waals surface area (Å²) >= 11 is 3.65. The smallest absolute Gasteiger partial charge is 0.144 e. The summed E-state index contributed by atoms with van der Waals surface area (Å²) in [4.78, 5) is 9.42. The first-order valence-electron chi connectivity index (χ1n) is 7.34. The van der Waals surface area contributed by atoms with Crippen LogP contribution in [0.2, 0.25) is 0 Å². The quantitative estimate of drug-likeness (QED) is 0.907. The zero-order chi connectivity index (χ0) is 14.8. The van der Waals surface area contributed by atoms with Gasteiger partial charge in [-0.3, -0.25) is 0 Å². The average Bonchev–Trinajstić information content (AvgIpc) is 2.84. The van der Waals surface area contributed by atoms with Gasteiger partial charge >= 0.3 is 0 Å². The number of hydrogen-bond acceptors (Lipinski definition) is 4. The molecule has 0 aliphatic carbocycles. The molecule has 1 aliphatic heterocycles. The summed E-state index contributed by atoms with van der Waals surface area (Å²) in [7, 11) is 0. The fourth-order valence-electron chi connectivity index (χ4n) is 2.38. The van der Waals surface area contributed by atoms with Gasteiger partial charge in [-0.15, -0.1) is 0 Å². The molecule has 0 bridgehead atoms. The van der Waals surface area contributed by atoms with Crippen molar-refractivity contribution in [3.8, 4) is 0 Å². The molecule has 0 amide bonds. The van der Waals surface area contributed by atoms with E-state index in [9.17, 15) is 0 Å². The fraction of sp³-hybridized carbons (Fsp3) is 0.733. The van der Waals surface area contributed by atoms with Gasteiger partial charge < -0.3 is 10.1 Å². The number of ether oxygens (including phenoxy) is 1. The van der Waals surface area contributed by atoms with Crippen LogP contribution in [0.25, 0.3) is 0 Å². The minimum absolute atomic E-state index is 0.0166. The summed E-state index contributed by atoms with van der Waals surface area (Å²) in [5, 5.41) is 3.31. The molecule has 4 nitrogen and oxygen atoms in total. The van der Waals surface area contributed by atoms with Crippen molar-refractivity contribution < 1.29 is 4.74 Å². The molecule has 1 saturated heterocycles. The maximum absolute atomic E-state index is 5.70. The molecule has 0 saturated carbocycles. The molecule has 2 rings (SSSR count). The third-order valence-electron chi connectivity index (χ3n) is 3.39. The van der Waals surface area contributed by atoms with Crippen LogP contribution in [0, 0.1) is 0 Å². The molecule has 1 aromatic rings. The highest BCUT2D eigenvalue weighted by Gasteiger charge is 2.25. The maximum Gasteiger partial charge on any atom is 0.144 e. The van der Waals surface area contributed by atoms with Crippen LogP contribution >= 0.6 is 15.9 Å². The standard InChI is InChI=1S/C15H24BrN3O/c1-5-17-14-12(16)13(15(2,3)4)18-11(19-14)9-10-7-6-8-20-10/h10H,5-9H2,1-4H3,(H,17,18,19). The van der Waals surface area contributed by atoms with Crippen LogP contribution in [0.15, 0.2) is 4.47 Å². The van der Waals surface area contributed by atoms with Crippen LogP contribution < -0.4 is 5.32 Å². The Hall–Kier alpha value is -0.680. The van der Waals surface area contributed by atoms with E-state index in [1.807, 2.05) is 0 Å². The Morgan fingerprint density at radius 1 is 1.35 bits per heavy atom. The number of aromatic nitrogens is 2. The Morgan fingerprint density at radius 3 is 2.65 bits per heavy atom. The highest BCUT2D eigenvalue weighted by Crippen LogP contribution is 2.33. The van der Waals surface area contributed by atoms with E-state index in [0.717, 1.165) is 54.2 Å². The zero-order valence-corrected chi connectivity index (χ0v) is 14.4.